The molecule has 1 fully saturated rings. The fourth-order valence-corrected chi connectivity index (χ4v) is 4.28. The summed E-state index contributed by atoms with van der Waals surface area (Å²) in [5, 5.41) is 5.87. The highest BCUT2D eigenvalue weighted by atomic mass is 19.1. The normalized spacial score (nSPS) is 14.8. The van der Waals surface area contributed by atoms with E-state index < -0.39 is 5.82 Å². The van der Waals surface area contributed by atoms with E-state index in [1.54, 1.807) is 35.2 Å². The summed E-state index contributed by atoms with van der Waals surface area (Å²) in [5.41, 5.74) is 9.08. The first-order valence-electron chi connectivity index (χ1n) is 11.3. The number of hydrogen-bond donors (Lipinski definition) is 3. The van der Waals surface area contributed by atoms with Crippen molar-refractivity contribution in [2.75, 3.05) is 15.5 Å². The monoisotopic (exact) mass is 460 g/mol. The number of carbonyl (C=O) groups is 2. The van der Waals surface area contributed by atoms with Crippen LogP contribution in [0.25, 0.3) is 0 Å². The van der Waals surface area contributed by atoms with Gasteiger partial charge in [-0.15, -0.1) is 0 Å². The van der Waals surface area contributed by atoms with E-state index in [0.29, 0.717) is 29.9 Å². The fourth-order valence-electron chi connectivity index (χ4n) is 4.28. The van der Waals surface area contributed by atoms with Gasteiger partial charge in [0, 0.05) is 35.6 Å². The zero-order valence-electron chi connectivity index (χ0n) is 19.4. The number of halogens is 1. The molecule has 4 N–H and O–H groups in total. The second-order valence-electron chi connectivity index (χ2n) is 9.12. The van der Waals surface area contributed by atoms with Gasteiger partial charge in [-0.05, 0) is 73.9 Å². The Morgan fingerprint density at radius 1 is 1.06 bits per heavy atom. The van der Waals surface area contributed by atoms with Gasteiger partial charge in [0.1, 0.15) is 5.82 Å². The number of benzene rings is 3. The van der Waals surface area contributed by atoms with Crippen LogP contribution in [0.5, 0.6) is 0 Å². The molecule has 0 aromatic heterocycles. The first-order chi connectivity index (χ1) is 16.3. The van der Waals surface area contributed by atoms with Gasteiger partial charge in [0.05, 0.1) is 12.1 Å². The van der Waals surface area contributed by atoms with Gasteiger partial charge in [0.2, 0.25) is 11.8 Å². The molecule has 0 radical (unpaired) electrons. The van der Waals surface area contributed by atoms with Gasteiger partial charge in [-0.25, -0.2) is 4.39 Å². The molecule has 1 aliphatic rings. The average molecular weight is 461 g/mol. The topological polar surface area (TPSA) is 87.5 Å². The lowest BCUT2D eigenvalue weighted by Gasteiger charge is -2.31. The first kappa shape index (κ1) is 23.4. The van der Waals surface area contributed by atoms with Crippen molar-refractivity contribution in [3.05, 3.63) is 83.7 Å². The molecule has 7 heteroatoms. The van der Waals surface area contributed by atoms with Crippen LogP contribution in [0.1, 0.15) is 37.8 Å². The molecular weight excluding hydrogens is 431 g/mol. The highest BCUT2D eigenvalue weighted by molar-refractivity contribution is 5.98. The lowest BCUT2D eigenvalue weighted by molar-refractivity contribution is -0.117. The lowest BCUT2D eigenvalue weighted by atomic mass is 10.0. The van der Waals surface area contributed by atoms with Crippen molar-refractivity contribution in [3.63, 3.8) is 0 Å². The molecule has 0 saturated carbocycles. The van der Waals surface area contributed by atoms with Crippen molar-refractivity contribution in [2.24, 2.45) is 5.73 Å². The number of carbonyl (C=O) groups excluding carboxylic acids is 2. The van der Waals surface area contributed by atoms with Crippen molar-refractivity contribution in [1.29, 1.82) is 0 Å². The van der Waals surface area contributed by atoms with Crippen LogP contribution in [-0.2, 0) is 22.6 Å². The maximum atomic E-state index is 15.1. The molecule has 6 nitrogen and oxygen atoms in total. The second kappa shape index (κ2) is 9.65. The SMILES string of the molecule is CC1(C)CCC(=O)N1c1ccc(NC(=O)Cc2cccc(Nc3cccc(CN)c3)c2F)cc1. The van der Waals surface area contributed by atoms with Gasteiger partial charge in [-0.3, -0.25) is 9.59 Å². The van der Waals surface area contributed by atoms with Crippen LogP contribution in [-0.4, -0.2) is 17.4 Å². The molecule has 1 saturated heterocycles. The van der Waals surface area contributed by atoms with Gasteiger partial charge >= 0.3 is 0 Å². The van der Waals surface area contributed by atoms with Crippen molar-refractivity contribution >= 4 is 34.6 Å². The van der Waals surface area contributed by atoms with Crippen LogP contribution in [0.3, 0.4) is 0 Å². The quantitative estimate of drug-likeness (QED) is 0.457. The van der Waals surface area contributed by atoms with Crippen LogP contribution in [0, 0.1) is 5.82 Å². The summed E-state index contributed by atoms with van der Waals surface area (Å²) in [4.78, 5) is 26.7. The van der Waals surface area contributed by atoms with E-state index in [4.69, 9.17) is 5.73 Å². The molecule has 3 aromatic rings. The Hall–Kier alpha value is -3.71. The molecule has 34 heavy (non-hydrogen) atoms. The molecule has 0 bridgehead atoms. The third kappa shape index (κ3) is 5.10. The fraction of sp³-hybridized carbons (Fsp3) is 0.259. The third-order valence-corrected chi connectivity index (χ3v) is 6.09. The highest BCUT2D eigenvalue weighted by Gasteiger charge is 2.38. The maximum absolute atomic E-state index is 15.1. The molecule has 0 atom stereocenters. The summed E-state index contributed by atoms with van der Waals surface area (Å²) in [7, 11) is 0. The molecule has 1 heterocycles. The van der Waals surface area contributed by atoms with Crippen molar-refractivity contribution in [3.8, 4) is 0 Å². The summed E-state index contributed by atoms with van der Waals surface area (Å²) >= 11 is 0. The zero-order chi connectivity index (χ0) is 24.3. The van der Waals surface area contributed by atoms with Gasteiger partial charge < -0.3 is 21.3 Å². The summed E-state index contributed by atoms with van der Waals surface area (Å²) in [6.45, 7) is 4.48. The molecular formula is C27H29FN4O2. The molecule has 3 aromatic carbocycles. The van der Waals surface area contributed by atoms with E-state index in [1.807, 2.05) is 50.2 Å². The van der Waals surface area contributed by atoms with Crippen LogP contribution < -0.4 is 21.3 Å². The van der Waals surface area contributed by atoms with Crippen LogP contribution in [0.4, 0.5) is 27.1 Å². The van der Waals surface area contributed by atoms with E-state index in [1.165, 1.54) is 0 Å². The standard InChI is InChI=1S/C27H29FN4O2/c1-27(2)14-13-25(34)32(27)22-11-9-20(10-12-22)31-24(33)16-19-6-4-8-23(26(19)28)30-21-7-3-5-18(15-21)17-29/h3-12,15,30H,13-14,16-17,29H2,1-2H3,(H,31,33). The van der Waals surface area contributed by atoms with Crippen LogP contribution in [0.2, 0.25) is 0 Å². The number of anilines is 4. The molecule has 0 spiro atoms. The first-order valence-corrected chi connectivity index (χ1v) is 11.3. The Bertz CT molecular complexity index is 1210. The number of amides is 2. The summed E-state index contributed by atoms with van der Waals surface area (Å²) < 4.78 is 15.1. The van der Waals surface area contributed by atoms with Crippen molar-refractivity contribution in [1.82, 2.24) is 0 Å². The minimum atomic E-state index is -0.471. The number of nitrogens with zero attached hydrogens (tertiary/aromatic N) is 1. The van der Waals surface area contributed by atoms with Crippen molar-refractivity contribution < 1.29 is 14.0 Å². The molecule has 0 unspecified atom stereocenters. The summed E-state index contributed by atoms with van der Waals surface area (Å²) in [5.74, 6) is -0.701. The van der Waals surface area contributed by atoms with Crippen molar-refractivity contribution in [2.45, 2.75) is 45.2 Å². The minimum absolute atomic E-state index is 0.0977. The maximum Gasteiger partial charge on any atom is 0.228 e. The molecule has 0 aliphatic carbocycles. The number of nitrogens with two attached hydrogens (primary N) is 1. The predicted molar refractivity (Wildman–Crippen MR) is 134 cm³/mol. The van der Waals surface area contributed by atoms with E-state index >= 15 is 4.39 Å². The molecule has 176 valence electrons. The largest absolute Gasteiger partial charge is 0.353 e. The number of hydrogen-bond acceptors (Lipinski definition) is 4. The van der Waals surface area contributed by atoms with Gasteiger partial charge in [-0.2, -0.15) is 0 Å². The van der Waals surface area contributed by atoms with Crippen LogP contribution >= 0.6 is 0 Å². The Kier molecular flexibility index (Phi) is 6.65. The predicted octanol–water partition coefficient (Wildman–Crippen LogP) is 5.11. The molecule has 1 aliphatic heterocycles. The van der Waals surface area contributed by atoms with E-state index in [0.717, 1.165) is 23.4 Å². The summed E-state index contributed by atoms with van der Waals surface area (Å²) in [6, 6.07) is 19.5. The van der Waals surface area contributed by atoms with Gasteiger partial charge in [0.15, 0.2) is 0 Å². The number of nitrogens with one attached hydrogen (secondary N) is 2. The molecule has 2 amide bonds. The second-order valence-corrected chi connectivity index (χ2v) is 9.12. The van der Waals surface area contributed by atoms with Gasteiger partial charge in [0.25, 0.3) is 0 Å². The van der Waals surface area contributed by atoms with E-state index in [-0.39, 0.29) is 23.8 Å². The average Bonchev–Trinajstić information content (AvgIpc) is 3.09. The Labute approximate surface area is 199 Å². The third-order valence-electron chi connectivity index (χ3n) is 6.09. The Morgan fingerprint density at radius 2 is 1.79 bits per heavy atom. The van der Waals surface area contributed by atoms with E-state index in [9.17, 15) is 9.59 Å². The van der Waals surface area contributed by atoms with E-state index in [2.05, 4.69) is 10.6 Å². The Morgan fingerprint density at radius 3 is 2.47 bits per heavy atom. The minimum Gasteiger partial charge on any atom is -0.353 e. The summed E-state index contributed by atoms with van der Waals surface area (Å²) in [6.07, 6.45) is 1.23. The Balaban J connectivity index is 1.42. The zero-order valence-corrected chi connectivity index (χ0v) is 19.4. The highest BCUT2D eigenvalue weighted by Crippen LogP contribution is 2.35. The number of rotatable bonds is 7. The smallest absolute Gasteiger partial charge is 0.228 e. The lowest BCUT2D eigenvalue weighted by Crippen LogP contribution is -2.40. The van der Waals surface area contributed by atoms with Crippen LogP contribution in [0.15, 0.2) is 66.7 Å². The van der Waals surface area contributed by atoms with Gasteiger partial charge in [-0.1, -0.05) is 24.3 Å². The molecule has 4 rings (SSSR count).